The Hall–Kier alpha value is -0.130. The van der Waals surface area contributed by atoms with Gasteiger partial charge in [0.1, 0.15) is 0 Å². The molecule has 0 saturated carbocycles. The number of nitrogens with zero attached hydrogens (tertiary/aromatic N) is 1. The molecule has 0 saturated heterocycles. The Labute approximate surface area is 75.0 Å². The molecule has 0 radical (unpaired) electrons. The second-order valence-corrected chi connectivity index (χ2v) is 4.68. The second-order valence-electron chi connectivity index (χ2n) is 2.70. The molecule has 0 spiro atoms. The van der Waals surface area contributed by atoms with E-state index in [1.165, 1.54) is 10.6 Å². The lowest BCUT2D eigenvalue weighted by atomic mass is 10.5. The second kappa shape index (κ2) is 5.50. The topological polar surface area (TPSA) is 49.4 Å². The number of hydrogen-bond acceptors (Lipinski definition) is 3. The van der Waals surface area contributed by atoms with Crippen LogP contribution in [0.15, 0.2) is 0 Å². The maximum absolute atomic E-state index is 11.1. The van der Waals surface area contributed by atoms with Crippen molar-refractivity contribution >= 4 is 10.0 Å². The maximum Gasteiger partial charge on any atom is 0.212 e. The van der Waals surface area contributed by atoms with Gasteiger partial charge in [-0.2, -0.15) is 4.31 Å². The maximum atomic E-state index is 11.1. The van der Waals surface area contributed by atoms with E-state index in [0.29, 0.717) is 13.2 Å². The molecule has 0 aliphatic carbocycles. The largest absolute Gasteiger partial charge is 0.304 e. The van der Waals surface area contributed by atoms with Crippen LogP contribution in [0.25, 0.3) is 0 Å². The van der Waals surface area contributed by atoms with E-state index in [0.717, 1.165) is 13.0 Å². The van der Waals surface area contributed by atoms with Crippen molar-refractivity contribution in [3.8, 4) is 0 Å². The Balaban J connectivity index is 4.05. The molecule has 5 heteroatoms. The minimum atomic E-state index is -3.03. The van der Waals surface area contributed by atoms with E-state index >= 15 is 0 Å². The molecule has 0 heterocycles. The van der Waals surface area contributed by atoms with Crippen molar-refractivity contribution in [2.24, 2.45) is 0 Å². The summed E-state index contributed by atoms with van der Waals surface area (Å²) in [6.07, 6.45) is 2.08. The Morgan fingerprint density at radius 2 is 1.92 bits per heavy atom. The van der Waals surface area contributed by atoms with Gasteiger partial charge in [0.15, 0.2) is 0 Å². The zero-order chi connectivity index (χ0) is 9.61. The summed E-state index contributed by atoms with van der Waals surface area (Å²) in [6.45, 7) is 5.71. The van der Waals surface area contributed by atoms with Gasteiger partial charge in [-0.15, -0.1) is 0 Å². The summed E-state index contributed by atoms with van der Waals surface area (Å²) in [4.78, 5) is 0. The molecule has 0 amide bonds. The number of sulfonamides is 1. The Kier molecular flexibility index (Phi) is 5.44. The lowest BCUT2D eigenvalue weighted by Gasteiger charge is -2.18. The first kappa shape index (κ1) is 11.9. The molecule has 74 valence electrons. The Bertz CT molecular complexity index is 201. The summed E-state index contributed by atoms with van der Waals surface area (Å²) in [5.41, 5.74) is 0. The summed E-state index contributed by atoms with van der Waals surface area (Å²) < 4.78 is 23.7. The molecule has 0 unspecified atom stereocenters. The van der Waals surface area contributed by atoms with Crippen LogP contribution in [-0.2, 0) is 10.0 Å². The number of rotatable bonds is 6. The SMILES string of the molecule is CCCN(CNCC)S(C)(=O)=O. The molecule has 0 aliphatic heterocycles. The van der Waals surface area contributed by atoms with E-state index in [1.54, 1.807) is 0 Å². The fourth-order valence-electron chi connectivity index (χ4n) is 0.848. The predicted molar refractivity (Wildman–Crippen MR) is 50.4 cm³/mol. The third-order valence-electron chi connectivity index (χ3n) is 1.48. The predicted octanol–water partition coefficient (Wildman–Crippen LogP) is 0.225. The first-order valence-electron chi connectivity index (χ1n) is 4.18. The van der Waals surface area contributed by atoms with Gasteiger partial charge in [-0.1, -0.05) is 13.8 Å². The van der Waals surface area contributed by atoms with E-state index in [-0.39, 0.29) is 0 Å². The van der Waals surface area contributed by atoms with E-state index in [1.807, 2.05) is 13.8 Å². The van der Waals surface area contributed by atoms with Crippen LogP contribution in [0.5, 0.6) is 0 Å². The highest BCUT2D eigenvalue weighted by molar-refractivity contribution is 7.88. The highest BCUT2D eigenvalue weighted by Gasteiger charge is 2.13. The number of nitrogens with one attached hydrogen (secondary N) is 1. The van der Waals surface area contributed by atoms with Gasteiger partial charge in [-0.25, -0.2) is 8.42 Å². The van der Waals surface area contributed by atoms with Crippen LogP contribution >= 0.6 is 0 Å². The minimum absolute atomic E-state index is 0.420. The molecule has 0 bridgehead atoms. The van der Waals surface area contributed by atoms with Crippen LogP contribution in [0.3, 0.4) is 0 Å². The molecule has 0 rings (SSSR count). The highest BCUT2D eigenvalue weighted by Crippen LogP contribution is 1.96. The van der Waals surface area contributed by atoms with Crippen molar-refractivity contribution in [3.05, 3.63) is 0 Å². The van der Waals surface area contributed by atoms with Crippen LogP contribution in [0.4, 0.5) is 0 Å². The van der Waals surface area contributed by atoms with Crippen molar-refractivity contribution in [2.75, 3.05) is 26.0 Å². The van der Waals surface area contributed by atoms with Crippen LogP contribution in [0.2, 0.25) is 0 Å². The van der Waals surface area contributed by atoms with Gasteiger partial charge in [0, 0.05) is 6.54 Å². The summed E-state index contributed by atoms with van der Waals surface area (Å²) >= 11 is 0. The monoisotopic (exact) mass is 194 g/mol. The molecule has 0 atom stereocenters. The summed E-state index contributed by atoms with van der Waals surface area (Å²) in [7, 11) is -3.03. The van der Waals surface area contributed by atoms with Gasteiger partial charge in [0.25, 0.3) is 0 Å². The number of hydrogen-bond donors (Lipinski definition) is 1. The fourth-order valence-corrected chi connectivity index (χ4v) is 1.69. The van der Waals surface area contributed by atoms with E-state index < -0.39 is 10.0 Å². The van der Waals surface area contributed by atoms with Crippen molar-refractivity contribution in [2.45, 2.75) is 20.3 Å². The standard InChI is InChI=1S/C7H18N2O2S/c1-4-6-9(7-8-5-2)12(3,10)11/h8H,4-7H2,1-3H3. The summed E-state index contributed by atoms with van der Waals surface area (Å²) in [5.74, 6) is 0. The van der Waals surface area contributed by atoms with Gasteiger partial charge in [0.2, 0.25) is 10.0 Å². The fraction of sp³-hybridized carbons (Fsp3) is 1.00. The molecular formula is C7H18N2O2S. The summed E-state index contributed by atoms with van der Waals surface area (Å²) in [6, 6.07) is 0. The lowest BCUT2D eigenvalue weighted by molar-refractivity contribution is 0.387. The van der Waals surface area contributed by atoms with E-state index in [4.69, 9.17) is 0 Å². The van der Waals surface area contributed by atoms with Gasteiger partial charge < -0.3 is 5.32 Å². The van der Waals surface area contributed by atoms with Crippen LogP contribution in [0.1, 0.15) is 20.3 Å². The zero-order valence-electron chi connectivity index (χ0n) is 8.00. The molecule has 0 fully saturated rings. The normalized spacial score (nSPS) is 12.3. The van der Waals surface area contributed by atoms with Crippen molar-refractivity contribution < 1.29 is 8.42 Å². The van der Waals surface area contributed by atoms with Gasteiger partial charge in [-0.05, 0) is 13.0 Å². The van der Waals surface area contributed by atoms with Crippen molar-refractivity contribution in [1.82, 2.24) is 9.62 Å². The van der Waals surface area contributed by atoms with Crippen molar-refractivity contribution in [1.29, 1.82) is 0 Å². The molecule has 4 nitrogen and oxygen atoms in total. The average molecular weight is 194 g/mol. The van der Waals surface area contributed by atoms with Gasteiger partial charge in [-0.3, -0.25) is 0 Å². The Morgan fingerprint density at radius 1 is 1.33 bits per heavy atom. The minimum Gasteiger partial charge on any atom is -0.304 e. The molecule has 0 aliphatic rings. The van der Waals surface area contributed by atoms with Gasteiger partial charge in [0.05, 0.1) is 12.9 Å². The molecule has 0 aromatic heterocycles. The zero-order valence-corrected chi connectivity index (χ0v) is 8.82. The highest BCUT2D eigenvalue weighted by atomic mass is 32.2. The molecule has 0 aromatic carbocycles. The molecule has 12 heavy (non-hydrogen) atoms. The molecular weight excluding hydrogens is 176 g/mol. The van der Waals surface area contributed by atoms with Crippen LogP contribution < -0.4 is 5.32 Å². The van der Waals surface area contributed by atoms with Crippen LogP contribution in [-0.4, -0.2) is 38.7 Å². The first-order chi connectivity index (χ1) is 5.52. The van der Waals surface area contributed by atoms with E-state index in [9.17, 15) is 8.42 Å². The third-order valence-corrected chi connectivity index (χ3v) is 2.73. The lowest BCUT2D eigenvalue weighted by Crippen LogP contribution is -2.38. The third kappa shape index (κ3) is 4.69. The van der Waals surface area contributed by atoms with Crippen molar-refractivity contribution in [3.63, 3.8) is 0 Å². The Morgan fingerprint density at radius 3 is 2.25 bits per heavy atom. The van der Waals surface area contributed by atoms with Gasteiger partial charge >= 0.3 is 0 Å². The smallest absolute Gasteiger partial charge is 0.212 e. The quantitative estimate of drug-likeness (QED) is 0.616. The summed E-state index contributed by atoms with van der Waals surface area (Å²) in [5, 5.41) is 2.99. The first-order valence-corrected chi connectivity index (χ1v) is 6.03. The van der Waals surface area contributed by atoms with Crippen LogP contribution in [0, 0.1) is 0 Å². The molecule has 0 aromatic rings. The average Bonchev–Trinajstić information content (AvgIpc) is 1.95. The van der Waals surface area contributed by atoms with E-state index in [2.05, 4.69) is 5.32 Å². The molecule has 1 N–H and O–H groups in total.